The zero-order valence-corrected chi connectivity index (χ0v) is 18.5. The molecular weight excluding hydrogens is 428 g/mol. The molecular formula is C21H24N8O4. The molecule has 1 aromatic carbocycles. The van der Waals surface area contributed by atoms with Gasteiger partial charge in [0.25, 0.3) is 11.8 Å². The second kappa shape index (κ2) is 9.20. The largest absolute Gasteiger partial charge is 0.494 e. The van der Waals surface area contributed by atoms with Crippen LogP contribution in [-0.2, 0) is 11.9 Å². The number of ether oxygens (including phenoxy) is 1. The number of aryl methyl sites for hydroxylation is 1. The van der Waals surface area contributed by atoms with Gasteiger partial charge in [-0.15, -0.1) is 10.2 Å². The van der Waals surface area contributed by atoms with Gasteiger partial charge in [-0.3, -0.25) is 19.1 Å². The number of primary amides is 1. The summed E-state index contributed by atoms with van der Waals surface area (Å²) in [6.07, 6.45) is 3.41. The summed E-state index contributed by atoms with van der Waals surface area (Å²) in [5.74, 6) is -0.372. The minimum atomic E-state index is -0.821. The molecule has 3 N–H and O–H groups in total. The van der Waals surface area contributed by atoms with Crippen molar-refractivity contribution in [2.75, 3.05) is 18.8 Å². The molecule has 2 heterocycles. The molecule has 12 heteroatoms. The van der Waals surface area contributed by atoms with E-state index in [0.717, 1.165) is 12.8 Å². The number of amides is 2. The van der Waals surface area contributed by atoms with Crippen molar-refractivity contribution in [1.82, 2.24) is 30.3 Å². The molecule has 0 unspecified atom stereocenters. The van der Waals surface area contributed by atoms with Gasteiger partial charge in [0.15, 0.2) is 23.0 Å². The van der Waals surface area contributed by atoms with E-state index in [2.05, 4.69) is 25.6 Å². The SMILES string of the molecule is CCON(c1cc(C(=O)NC2CC2)nnc1C(N)=O)c1cccc(-c2ncn(C)n2)c1OC. The standard InChI is InChI=1S/C21H24N8O4/c1-4-33-29(15-7-5-6-13(18(15)32-3)20-23-11-28(2)27-20)16-10-14(21(31)24-12-8-9-12)25-26-17(16)19(22)30/h5-7,10-12H,4,8-9H2,1-3H3,(H2,22,30)(H,24,31). The summed E-state index contributed by atoms with van der Waals surface area (Å²) < 4.78 is 7.26. The Labute approximate surface area is 189 Å². The minimum absolute atomic E-state index is 0.0353. The van der Waals surface area contributed by atoms with Crippen molar-refractivity contribution in [2.24, 2.45) is 12.8 Å². The lowest BCUT2D eigenvalue weighted by atomic mass is 10.1. The van der Waals surface area contributed by atoms with Crippen LogP contribution in [-0.4, -0.2) is 56.5 Å². The van der Waals surface area contributed by atoms with Crippen molar-refractivity contribution in [3.8, 4) is 17.1 Å². The first-order chi connectivity index (χ1) is 15.9. The number of benzene rings is 1. The number of aromatic nitrogens is 5. The lowest BCUT2D eigenvalue weighted by Crippen LogP contribution is -2.29. The van der Waals surface area contributed by atoms with Gasteiger partial charge in [-0.1, -0.05) is 6.07 Å². The third kappa shape index (κ3) is 4.60. The monoisotopic (exact) mass is 452 g/mol. The first-order valence-electron chi connectivity index (χ1n) is 10.4. The predicted molar refractivity (Wildman–Crippen MR) is 118 cm³/mol. The third-order valence-corrected chi connectivity index (χ3v) is 4.89. The Hall–Kier alpha value is -4.06. The normalized spacial score (nSPS) is 12.9. The Kier molecular flexibility index (Phi) is 6.18. The van der Waals surface area contributed by atoms with Gasteiger partial charge in [-0.2, -0.15) is 5.10 Å². The Morgan fingerprint density at radius 3 is 2.67 bits per heavy atom. The van der Waals surface area contributed by atoms with Crippen molar-refractivity contribution < 1.29 is 19.2 Å². The highest BCUT2D eigenvalue weighted by Crippen LogP contribution is 2.41. The maximum atomic E-state index is 12.6. The van der Waals surface area contributed by atoms with E-state index in [1.807, 2.05) is 0 Å². The summed E-state index contributed by atoms with van der Waals surface area (Å²) in [6, 6.07) is 6.86. The number of hydrogen-bond donors (Lipinski definition) is 2. The summed E-state index contributed by atoms with van der Waals surface area (Å²) >= 11 is 0. The molecule has 0 aliphatic heterocycles. The van der Waals surface area contributed by atoms with Gasteiger partial charge in [0.2, 0.25) is 0 Å². The maximum Gasteiger partial charge on any atom is 0.272 e. The number of nitrogens with two attached hydrogens (primary N) is 1. The van der Waals surface area contributed by atoms with Crippen LogP contribution >= 0.6 is 0 Å². The Balaban J connectivity index is 1.84. The number of hydrogen-bond acceptors (Lipinski definition) is 9. The number of carbonyl (C=O) groups is 2. The number of methoxy groups -OCH3 is 1. The first-order valence-corrected chi connectivity index (χ1v) is 10.4. The van der Waals surface area contributed by atoms with Crippen molar-refractivity contribution in [3.63, 3.8) is 0 Å². The molecule has 1 saturated carbocycles. The Bertz CT molecular complexity index is 1190. The molecule has 0 bridgehead atoms. The Morgan fingerprint density at radius 2 is 2.06 bits per heavy atom. The predicted octanol–water partition coefficient (Wildman–Crippen LogP) is 1.36. The molecule has 1 fully saturated rings. The van der Waals surface area contributed by atoms with Crippen molar-refractivity contribution in [1.29, 1.82) is 0 Å². The number of para-hydroxylation sites is 1. The molecule has 4 rings (SSSR count). The molecule has 172 valence electrons. The molecule has 0 spiro atoms. The average molecular weight is 452 g/mol. The van der Waals surface area contributed by atoms with E-state index >= 15 is 0 Å². The third-order valence-electron chi connectivity index (χ3n) is 4.89. The van der Waals surface area contributed by atoms with Crippen molar-refractivity contribution in [2.45, 2.75) is 25.8 Å². The first kappa shape index (κ1) is 22.1. The van der Waals surface area contributed by atoms with Gasteiger partial charge in [-0.05, 0) is 38.0 Å². The van der Waals surface area contributed by atoms with E-state index < -0.39 is 11.8 Å². The molecule has 0 saturated heterocycles. The fraction of sp³-hybridized carbons (Fsp3) is 0.333. The molecule has 2 aromatic heterocycles. The van der Waals surface area contributed by atoms with Crippen LogP contribution in [0.5, 0.6) is 5.75 Å². The minimum Gasteiger partial charge on any atom is -0.494 e. The summed E-state index contributed by atoms with van der Waals surface area (Å²) in [7, 11) is 3.26. The quantitative estimate of drug-likeness (QED) is 0.459. The molecule has 3 aromatic rings. The van der Waals surface area contributed by atoms with Crippen LogP contribution in [0.4, 0.5) is 11.4 Å². The summed E-state index contributed by atoms with van der Waals surface area (Å²) in [5, 5.41) is 16.4. The molecule has 1 aliphatic rings. The molecule has 0 radical (unpaired) electrons. The van der Waals surface area contributed by atoms with Crippen molar-refractivity contribution >= 4 is 23.2 Å². The molecule has 0 atom stereocenters. The number of nitrogens with zero attached hydrogens (tertiary/aromatic N) is 6. The number of nitrogens with one attached hydrogen (secondary N) is 1. The van der Waals surface area contributed by atoms with Crippen LogP contribution in [0.2, 0.25) is 0 Å². The Morgan fingerprint density at radius 1 is 1.27 bits per heavy atom. The van der Waals surface area contributed by atoms with Gasteiger partial charge in [0, 0.05) is 13.1 Å². The fourth-order valence-corrected chi connectivity index (χ4v) is 3.25. The summed E-state index contributed by atoms with van der Waals surface area (Å²) in [4.78, 5) is 34.9. The van der Waals surface area contributed by atoms with E-state index in [1.54, 1.807) is 43.2 Å². The fourth-order valence-electron chi connectivity index (χ4n) is 3.25. The van der Waals surface area contributed by atoms with Crippen LogP contribution in [0.1, 0.15) is 40.7 Å². The zero-order valence-electron chi connectivity index (χ0n) is 18.5. The molecule has 33 heavy (non-hydrogen) atoms. The summed E-state index contributed by atoms with van der Waals surface area (Å²) in [6.45, 7) is 2.02. The lowest BCUT2D eigenvalue weighted by Gasteiger charge is -2.26. The molecule has 2 amide bonds. The van der Waals surface area contributed by atoms with Crippen molar-refractivity contribution in [3.05, 3.63) is 42.0 Å². The van der Waals surface area contributed by atoms with Gasteiger partial charge < -0.3 is 15.8 Å². The molecule has 12 nitrogen and oxygen atoms in total. The highest BCUT2D eigenvalue weighted by atomic mass is 16.7. The van der Waals surface area contributed by atoms with Crippen LogP contribution in [0.3, 0.4) is 0 Å². The summed E-state index contributed by atoms with van der Waals surface area (Å²) in [5.41, 5.74) is 6.64. The van der Waals surface area contributed by atoms with E-state index in [1.165, 1.54) is 18.2 Å². The highest BCUT2D eigenvalue weighted by molar-refractivity contribution is 6.00. The van der Waals surface area contributed by atoms with E-state index in [-0.39, 0.29) is 29.7 Å². The number of anilines is 2. The number of carbonyl (C=O) groups excluding carboxylic acids is 2. The average Bonchev–Trinajstić information content (AvgIpc) is 3.52. The maximum absolute atomic E-state index is 12.6. The lowest BCUT2D eigenvalue weighted by molar-refractivity contribution is 0.0939. The zero-order chi connectivity index (χ0) is 23.5. The van der Waals surface area contributed by atoms with E-state index in [0.29, 0.717) is 22.8 Å². The topological polar surface area (TPSA) is 150 Å². The second-order valence-corrected chi connectivity index (χ2v) is 7.39. The van der Waals surface area contributed by atoms with Crippen LogP contribution in [0.15, 0.2) is 30.6 Å². The van der Waals surface area contributed by atoms with Crippen LogP contribution in [0.25, 0.3) is 11.4 Å². The van der Waals surface area contributed by atoms with Gasteiger partial charge in [0.1, 0.15) is 17.7 Å². The second-order valence-electron chi connectivity index (χ2n) is 7.39. The van der Waals surface area contributed by atoms with Crippen LogP contribution < -0.4 is 20.9 Å². The highest BCUT2D eigenvalue weighted by Gasteiger charge is 2.28. The van der Waals surface area contributed by atoms with Gasteiger partial charge in [0.05, 0.1) is 19.3 Å². The van der Waals surface area contributed by atoms with E-state index in [4.69, 9.17) is 15.3 Å². The smallest absolute Gasteiger partial charge is 0.272 e. The van der Waals surface area contributed by atoms with Crippen LogP contribution in [0, 0.1) is 0 Å². The molecule has 1 aliphatic carbocycles. The van der Waals surface area contributed by atoms with Gasteiger partial charge >= 0.3 is 0 Å². The van der Waals surface area contributed by atoms with E-state index in [9.17, 15) is 9.59 Å². The number of rotatable bonds is 9. The van der Waals surface area contributed by atoms with Gasteiger partial charge in [-0.25, -0.2) is 10.0 Å².